The van der Waals surface area contributed by atoms with E-state index in [0.717, 1.165) is 29.5 Å². The lowest BCUT2D eigenvalue weighted by Crippen LogP contribution is -2.32. The van der Waals surface area contributed by atoms with E-state index < -0.39 is 51.5 Å². The summed E-state index contributed by atoms with van der Waals surface area (Å²) in [6.45, 7) is -1.51. The van der Waals surface area contributed by atoms with Gasteiger partial charge in [-0.2, -0.15) is 4.72 Å². The number of benzene rings is 1. The number of carbonyl (C=O) groups is 2. The Morgan fingerprint density at radius 1 is 1.16 bits per heavy atom. The van der Waals surface area contributed by atoms with Gasteiger partial charge >= 0.3 is 5.97 Å². The van der Waals surface area contributed by atoms with Gasteiger partial charge in [-0.15, -0.1) is 11.3 Å². The number of hydrogen-bond acceptors (Lipinski definition) is 6. The smallest absolute Gasteiger partial charge is 0.321 e. The zero-order valence-corrected chi connectivity index (χ0v) is 14.7. The number of Topliss-reactive ketones (excluding diaryl/α,β-unsaturated/α-hetero) is 1. The van der Waals surface area contributed by atoms with Gasteiger partial charge in [-0.25, -0.2) is 17.2 Å². The van der Waals surface area contributed by atoms with Gasteiger partial charge in [-0.3, -0.25) is 9.59 Å². The minimum Gasteiger partial charge on any atom is -0.456 e. The fraction of sp³-hybridized carbons (Fsp3) is 0.143. The summed E-state index contributed by atoms with van der Waals surface area (Å²) < 4.78 is 57.4. The number of halogens is 3. The zero-order valence-electron chi connectivity index (χ0n) is 12.3. The van der Waals surface area contributed by atoms with Gasteiger partial charge in [0.15, 0.2) is 11.5 Å². The Labute approximate surface area is 150 Å². The monoisotopic (exact) mass is 409 g/mol. The molecule has 1 heterocycles. The van der Waals surface area contributed by atoms with Gasteiger partial charge in [-0.1, -0.05) is 17.7 Å². The molecule has 0 aliphatic rings. The normalized spacial score (nSPS) is 11.3. The number of rotatable bonds is 7. The molecule has 1 aromatic heterocycles. The summed E-state index contributed by atoms with van der Waals surface area (Å²) in [6.07, 6.45) is 0. The van der Waals surface area contributed by atoms with Crippen LogP contribution in [0.15, 0.2) is 35.2 Å². The fourth-order valence-corrected chi connectivity index (χ4v) is 3.77. The van der Waals surface area contributed by atoms with E-state index in [1.54, 1.807) is 4.72 Å². The number of carbonyl (C=O) groups excluding carboxylic acids is 2. The Hall–Kier alpha value is -1.88. The van der Waals surface area contributed by atoms with Crippen LogP contribution in [0.2, 0.25) is 4.34 Å². The first-order chi connectivity index (χ1) is 11.7. The minimum absolute atomic E-state index is 0.270. The van der Waals surface area contributed by atoms with Crippen molar-refractivity contribution in [1.29, 1.82) is 0 Å². The third-order valence-electron chi connectivity index (χ3n) is 2.81. The predicted octanol–water partition coefficient (Wildman–Crippen LogP) is 2.38. The summed E-state index contributed by atoms with van der Waals surface area (Å²) in [5.74, 6) is -4.21. The molecule has 25 heavy (non-hydrogen) atoms. The average Bonchev–Trinajstić information content (AvgIpc) is 2.97. The van der Waals surface area contributed by atoms with Crippen molar-refractivity contribution < 1.29 is 31.5 Å². The van der Waals surface area contributed by atoms with Crippen LogP contribution in [0.1, 0.15) is 9.67 Å². The Morgan fingerprint density at radius 3 is 2.36 bits per heavy atom. The molecule has 0 radical (unpaired) electrons. The molecule has 134 valence electrons. The van der Waals surface area contributed by atoms with Crippen molar-refractivity contribution in [3.8, 4) is 0 Å². The summed E-state index contributed by atoms with van der Waals surface area (Å²) in [5.41, 5.74) is 0. The highest BCUT2D eigenvalue weighted by atomic mass is 35.5. The van der Waals surface area contributed by atoms with Crippen LogP contribution in [-0.4, -0.2) is 33.3 Å². The summed E-state index contributed by atoms with van der Waals surface area (Å²) in [5, 5.41) is 0. The molecule has 0 aliphatic heterocycles. The Morgan fingerprint density at radius 2 is 1.80 bits per heavy atom. The molecule has 0 aliphatic carbocycles. The van der Waals surface area contributed by atoms with Crippen molar-refractivity contribution >= 4 is 44.7 Å². The van der Waals surface area contributed by atoms with Gasteiger partial charge in [-0.05, 0) is 24.3 Å². The average molecular weight is 410 g/mol. The fourth-order valence-electron chi connectivity index (χ4n) is 1.70. The largest absolute Gasteiger partial charge is 0.456 e. The molecule has 11 heteroatoms. The second-order valence-corrected chi connectivity index (χ2v) is 7.98. The Balaban J connectivity index is 1.92. The number of esters is 1. The molecule has 1 aromatic carbocycles. The standard InChI is InChI=1S/C14H10ClF2NO5S2/c15-12-5-4-11(24-12)10(19)7-23-13(20)6-18-25(21,22)14-8(16)2-1-3-9(14)17/h1-5,18H,6-7H2. The first-order valence-corrected chi connectivity index (χ1v) is 9.26. The first kappa shape index (κ1) is 19.4. The first-order valence-electron chi connectivity index (χ1n) is 6.58. The van der Waals surface area contributed by atoms with Crippen LogP contribution in [0, 0.1) is 11.6 Å². The molecule has 0 spiro atoms. The van der Waals surface area contributed by atoms with E-state index in [4.69, 9.17) is 11.6 Å². The number of ketones is 1. The van der Waals surface area contributed by atoms with Crippen molar-refractivity contribution in [3.63, 3.8) is 0 Å². The van der Waals surface area contributed by atoms with Crippen molar-refractivity contribution in [2.75, 3.05) is 13.2 Å². The van der Waals surface area contributed by atoms with Crippen LogP contribution < -0.4 is 4.72 Å². The van der Waals surface area contributed by atoms with Crippen molar-refractivity contribution in [1.82, 2.24) is 4.72 Å². The molecule has 0 fully saturated rings. The van der Waals surface area contributed by atoms with E-state index in [1.807, 2.05) is 0 Å². The molecule has 0 saturated heterocycles. The van der Waals surface area contributed by atoms with Gasteiger partial charge < -0.3 is 4.74 Å². The van der Waals surface area contributed by atoms with Crippen LogP contribution in [0.4, 0.5) is 8.78 Å². The summed E-state index contributed by atoms with van der Waals surface area (Å²) in [6, 6.07) is 5.48. The molecular formula is C14H10ClF2NO5S2. The van der Waals surface area contributed by atoms with Crippen LogP contribution in [0.3, 0.4) is 0 Å². The highest BCUT2D eigenvalue weighted by molar-refractivity contribution is 7.89. The lowest BCUT2D eigenvalue weighted by atomic mass is 10.3. The predicted molar refractivity (Wildman–Crippen MR) is 86.2 cm³/mol. The van der Waals surface area contributed by atoms with Crippen LogP contribution in [0.25, 0.3) is 0 Å². The maximum atomic E-state index is 13.5. The van der Waals surface area contributed by atoms with E-state index in [9.17, 15) is 26.8 Å². The highest BCUT2D eigenvalue weighted by Crippen LogP contribution is 2.21. The summed E-state index contributed by atoms with van der Waals surface area (Å²) in [7, 11) is -4.61. The van der Waals surface area contributed by atoms with Crippen LogP contribution in [0.5, 0.6) is 0 Å². The zero-order chi connectivity index (χ0) is 18.6. The lowest BCUT2D eigenvalue weighted by Gasteiger charge is -2.08. The lowest BCUT2D eigenvalue weighted by molar-refractivity contribution is -0.141. The van der Waals surface area contributed by atoms with E-state index in [0.29, 0.717) is 4.34 Å². The van der Waals surface area contributed by atoms with Gasteiger partial charge in [0, 0.05) is 0 Å². The molecular weight excluding hydrogens is 400 g/mol. The second-order valence-electron chi connectivity index (χ2n) is 4.56. The molecule has 6 nitrogen and oxygen atoms in total. The van der Waals surface area contributed by atoms with Gasteiger partial charge in [0.25, 0.3) is 0 Å². The number of nitrogens with one attached hydrogen (secondary N) is 1. The highest BCUT2D eigenvalue weighted by Gasteiger charge is 2.24. The van der Waals surface area contributed by atoms with Gasteiger partial charge in [0.05, 0.1) is 9.21 Å². The van der Waals surface area contributed by atoms with Gasteiger partial charge in [0.2, 0.25) is 15.8 Å². The summed E-state index contributed by atoms with van der Waals surface area (Å²) >= 11 is 6.67. The molecule has 2 rings (SSSR count). The van der Waals surface area contributed by atoms with Gasteiger partial charge in [0.1, 0.15) is 18.2 Å². The molecule has 0 saturated carbocycles. The van der Waals surface area contributed by atoms with E-state index >= 15 is 0 Å². The van der Waals surface area contributed by atoms with Crippen LogP contribution >= 0.6 is 22.9 Å². The number of ether oxygens (including phenoxy) is 1. The third kappa shape index (κ3) is 5.05. The van der Waals surface area contributed by atoms with Crippen molar-refractivity contribution in [3.05, 3.63) is 51.2 Å². The Bertz CT molecular complexity index is 893. The van der Waals surface area contributed by atoms with Crippen molar-refractivity contribution in [2.45, 2.75) is 4.90 Å². The molecule has 0 unspecified atom stereocenters. The van der Waals surface area contributed by atoms with E-state index in [2.05, 4.69) is 4.74 Å². The third-order valence-corrected chi connectivity index (χ3v) is 5.53. The molecule has 1 N–H and O–H groups in total. The minimum atomic E-state index is -4.61. The molecule has 2 aromatic rings. The van der Waals surface area contributed by atoms with E-state index in [1.165, 1.54) is 12.1 Å². The molecule has 0 atom stereocenters. The van der Waals surface area contributed by atoms with Crippen LogP contribution in [-0.2, 0) is 19.6 Å². The second kappa shape index (κ2) is 8.00. The molecule has 0 bridgehead atoms. The topological polar surface area (TPSA) is 89.5 Å². The Kier molecular flexibility index (Phi) is 6.22. The van der Waals surface area contributed by atoms with Crippen molar-refractivity contribution in [2.24, 2.45) is 0 Å². The quantitative estimate of drug-likeness (QED) is 0.560. The SMILES string of the molecule is O=C(CNS(=O)(=O)c1c(F)cccc1F)OCC(=O)c1ccc(Cl)s1. The number of thiophene rings is 1. The summed E-state index contributed by atoms with van der Waals surface area (Å²) in [4.78, 5) is 22.3. The maximum absolute atomic E-state index is 13.5. The number of sulfonamides is 1. The number of hydrogen-bond donors (Lipinski definition) is 1. The van der Waals surface area contributed by atoms with E-state index in [-0.39, 0.29) is 4.88 Å². The molecule has 0 amide bonds. The maximum Gasteiger partial charge on any atom is 0.321 e.